The molecule has 3 heteroatoms. The summed E-state index contributed by atoms with van der Waals surface area (Å²) in [4.78, 5) is 12.4. The maximum absolute atomic E-state index is 12.4. The summed E-state index contributed by atoms with van der Waals surface area (Å²) in [5.74, 6) is 0.0411. The third kappa shape index (κ3) is 2.72. The Kier molecular flexibility index (Phi) is 3.44. The predicted octanol–water partition coefficient (Wildman–Crippen LogP) is 2.10. The van der Waals surface area contributed by atoms with Gasteiger partial charge in [0.2, 0.25) is 5.91 Å². The molecule has 0 aliphatic carbocycles. The van der Waals surface area contributed by atoms with E-state index in [1.807, 2.05) is 20.8 Å². The fourth-order valence-electron chi connectivity index (χ4n) is 2.53. The zero-order valence-corrected chi connectivity index (χ0v) is 11.6. The summed E-state index contributed by atoms with van der Waals surface area (Å²) in [7, 11) is 0. The van der Waals surface area contributed by atoms with Gasteiger partial charge in [-0.2, -0.15) is 0 Å². The molecule has 1 amide bonds. The summed E-state index contributed by atoms with van der Waals surface area (Å²) in [5, 5.41) is 6.40. The Morgan fingerprint density at radius 2 is 2.11 bits per heavy atom. The molecule has 1 aliphatic rings. The van der Waals surface area contributed by atoms with Crippen LogP contribution in [0.5, 0.6) is 0 Å². The van der Waals surface area contributed by atoms with Crippen molar-refractivity contribution in [1.82, 2.24) is 10.6 Å². The van der Waals surface area contributed by atoms with Gasteiger partial charge >= 0.3 is 0 Å². The lowest BCUT2D eigenvalue weighted by Gasteiger charge is -2.30. The van der Waals surface area contributed by atoms with Crippen LogP contribution >= 0.6 is 0 Å². The van der Waals surface area contributed by atoms with Crippen LogP contribution in [0.2, 0.25) is 0 Å². The highest BCUT2D eigenvalue weighted by atomic mass is 16.2. The number of fused-ring (bicyclic) bond motifs is 1. The number of aryl methyl sites for hydroxylation is 1. The minimum Gasteiger partial charge on any atom is -0.351 e. The number of carbonyl (C=O) groups is 1. The minimum absolute atomic E-state index is 0.0748. The van der Waals surface area contributed by atoms with Gasteiger partial charge in [-0.3, -0.25) is 4.79 Å². The molecular formula is C15H22N2O. The van der Waals surface area contributed by atoms with Gasteiger partial charge in [0.25, 0.3) is 0 Å². The summed E-state index contributed by atoms with van der Waals surface area (Å²) in [6, 6.07) is 6.24. The topological polar surface area (TPSA) is 41.1 Å². The highest BCUT2D eigenvalue weighted by Gasteiger charge is 2.29. The Balaban J connectivity index is 2.30. The average Bonchev–Trinajstić information content (AvgIpc) is 2.26. The quantitative estimate of drug-likeness (QED) is 0.796. The van der Waals surface area contributed by atoms with Crippen molar-refractivity contribution < 1.29 is 4.79 Å². The van der Waals surface area contributed by atoms with Crippen LogP contribution in [0.1, 0.15) is 43.4 Å². The molecule has 0 bridgehead atoms. The molecule has 0 saturated carbocycles. The van der Waals surface area contributed by atoms with Gasteiger partial charge in [-0.1, -0.05) is 18.2 Å². The number of benzene rings is 1. The van der Waals surface area contributed by atoms with Gasteiger partial charge in [-0.25, -0.2) is 0 Å². The summed E-state index contributed by atoms with van der Waals surface area (Å²) in [6.45, 7) is 9.71. The molecular weight excluding hydrogens is 224 g/mol. The monoisotopic (exact) mass is 246 g/mol. The highest BCUT2D eigenvalue weighted by Crippen LogP contribution is 2.27. The van der Waals surface area contributed by atoms with Crippen molar-refractivity contribution in [2.24, 2.45) is 0 Å². The van der Waals surface area contributed by atoms with Gasteiger partial charge < -0.3 is 10.6 Å². The van der Waals surface area contributed by atoms with Crippen LogP contribution in [0.15, 0.2) is 18.2 Å². The second kappa shape index (κ2) is 4.73. The van der Waals surface area contributed by atoms with E-state index < -0.39 is 0 Å². The van der Waals surface area contributed by atoms with E-state index >= 15 is 0 Å². The maximum Gasteiger partial charge on any atom is 0.229 e. The third-order valence-corrected chi connectivity index (χ3v) is 3.24. The lowest BCUT2D eigenvalue weighted by molar-refractivity contribution is -0.124. The van der Waals surface area contributed by atoms with Crippen LogP contribution < -0.4 is 10.6 Å². The molecule has 1 unspecified atom stereocenters. The Hall–Kier alpha value is -1.35. The van der Waals surface area contributed by atoms with E-state index in [-0.39, 0.29) is 17.4 Å². The Labute approximate surface area is 109 Å². The van der Waals surface area contributed by atoms with E-state index in [0.29, 0.717) is 0 Å². The molecule has 2 N–H and O–H groups in total. The first-order valence-corrected chi connectivity index (χ1v) is 6.49. The molecule has 1 aromatic carbocycles. The number of hydrogen-bond donors (Lipinski definition) is 2. The van der Waals surface area contributed by atoms with Gasteiger partial charge in [0, 0.05) is 18.6 Å². The van der Waals surface area contributed by atoms with Crippen molar-refractivity contribution >= 4 is 5.91 Å². The summed E-state index contributed by atoms with van der Waals surface area (Å²) < 4.78 is 0. The maximum atomic E-state index is 12.4. The molecule has 1 atom stereocenters. The number of nitrogens with one attached hydrogen (secondary N) is 2. The van der Waals surface area contributed by atoms with E-state index in [1.54, 1.807) is 0 Å². The molecule has 18 heavy (non-hydrogen) atoms. The van der Waals surface area contributed by atoms with E-state index in [2.05, 4.69) is 35.8 Å². The number of hydrogen-bond acceptors (Lipinski definition) is 2. The number of amides is 1. The smallest absolute Gasteiger partial charge is 0.229 e. The van der Waals surface area contributed by atoms with Crippen molar-refractivity contribution in [2.75, 3.05) is 6.54 Å². The van der Waals surface area contributed by atoms with E-state index in [0.717, 1.165) is 13.1 Å². The molecule has 3 nitrogen and oxygen atoms in total. The van der Waals surface area contributed by atoms with Gasteiger partial charge in [-0.05, 0) is 44.4 Å². The first-order chi connectivity index (χ1) is 8.38. The summed E-state index contributed by atoms with van der Waals surface area (Å²) in [5.41, 5.74) is 3.48. The largest absolute Gasteiger partial charge is 0.351 e. The summed E-state index contributed by atoms with van der Waals surface area (Å²) in [6.07, 6.45) is 0. The van der Waals surface area contributed by atoms with Gasteiger partial charge in [0.05, 0.1) is 5.92 Å². The van der Waals surface area contributed by atoms with Gasteiger partial charge in [0.1, 0.15) is 0 Å². The minimum atomic E-state index is -0.183. The summed E-state index contributed by atoms with van der Waals surface area (Å²) >= 11 is 0. The van der Waals surface area contributed by atoms with Gasteiger partial charge in [-0.15, -0.1) is 0 Å². The van der Waals surface area contributed by atoms with Crippen molar-refractivity contribution in [3.63, 3.8) is 0 Å². The molecule has 0 fully saturated rings. The zero-order chi connectivity index (χ0) is 13.3. The molecule has 2 rings (SSSR count). The first-order valence-electron chi connectivity index (χ1n) is 6.49. The Morgan fingerprint density at radius 1 is 1.39 bits per heavy atom. The second-order valence-electron chi connectivity index (χ2n) is 6.07. The van der Waals surface area contributed by atoms with Crippen LogP contribution in [-0.2, 0) is 11.3 Å². The molecule has 0 spiro atoms. The van der Waals surface area contributed by atoms with Crippen molar-refractivity contribution in [3.8, 4) is 0 Å². The fraction of sp³-hybridized carbons (Fsp3) is 0.533. The van der Waals surface area contributed by atoms with E-state index in [1.165, 1.54) is 16.7 Å². The lowest BCUT2D eigenvalue weighted by atomic mass is 9.86. The molecule has 98 valence electrons. The normalized spacial score (nSPS) is 19.2. The van der Waals surface area contributed by atoms with Crippen LogP contribution in [0, 0.1) is 6.92 Å². The van der Waals surface area contributed by atoms with Crippen molar-refractivity contribution in [1.29, 1.82) is 0 Å². The molecule has 1 aliphatic heterocycles. The SMILES string of the molecule is Cc1cccc2c1C(C(=O)NC(C)(C)C)CNC2. The van der Waals surface area contributed by atoms with Crippen LogP contribution in [-0.4, -0.2) is 18.0 Å². The van der Waals surface area contributed by atoms with Crippen molar-refractivity contribution in [2.45, 2.75) is 45.7 Å². The standard InChI is InChI=1S/C15H22N2O/c1-10-6-5-7-11-8-16-9-12(13(10)11)14(18)17-15(2,3)4/h5-7,12,16H,8-9H2,1-4H3,(H,17,18). The van der Waals surface area contributed by atoms with Gasteiger partial charge in [0.15, 0.2) is 0 Å². The van der Waals surface area contributed by atoms with E-state index in [9.17, 15) is 4.79 Å². The fourth-order valence-corrected chi connectivity index (χ4v) is 2.53. The third-order valence-electron chi connectivity index (χ3n) is 3.24. The second-order valence-corrected chi connectivity index (χ2v) is 6.07. The molecule has 0 radical (unpaired) electrons. The number of rotatable bonds is 1. The first kappa shape index (κ1) is 13.1. The highest BCUT2D eigenvalue weighted by molar-refractivity contribution is 5.85. The van der Waals surface area contributed by atoms with Crippen LogP contribution in [0.25, 0.3) is 0 Å². The number of carbonyl (C=O) groups excluding carboxylic acids is 1. The molecule has 0 saturated heterocycles. The Bertz CT molecular complexity index is 460. The molecule has 1 aromatic rings. The zero-order valence-electron chi connectivity index (χ0n) is 11.6. The van der Waals surface area contributed by atoms with E-state index in [4.69, 9.17) is 0 Å². The predicted molar refractivity (Wildman–Crippen MR) is 73.5 cm³/mol. The van der Waals surface area contributed by atoms with Crippen LogP contribution in [0.4, 0.5) is 0 Å². The Morgan fingerprint density at radius 3 is 2.78 bits per heavy atom. The van der Waals surface area contributed by atoms with Crippen molar-refractivity contribution in [3.05, 3.63) is 34.9 Å². The van der Waals surface area contributed by atoms with Crippen LogP contribution in [0.3, 0.4) is 0 Å². The molecule has 1 heterocycles. The average molecular weight is 246 g/mol. The molecule has 0 aromatic heterocycles. The lowest BCUT2D eigenvalue weighted by Crippen LogP contribution is -2.46.